The van der Waals surface area contributed by atoms with Crippen molar-refractivity contribution in [3.63, 3.8) is 0 Å². The van der Waals surface area contributed by atoms with E-state index in [-0.39, 0.29) is 29.7 Å². The lowest BCUT2D eigenvalue weighted by Gasteiger charge is -2.41. The molecular formula is C45H73N3O5. The number of ether oxygens (including phenoxy) is 1. The predicted molar refractivity (Wildman–Crippen MR) is 209 cm³/mol. The first kappa shape index (κ1) is 39.5. The summed E-state index contributed by atoms with van der Waals surface area (Å²) in [6, 6.07) is 0.179. The van der Waals surface area contributed by atoms with Crippen molar-refractivity contribution in [2.45, 2.75) is 173 Å². The molecule has 2 heterocycles. The van der Waals surface area contributed by atoms with Crippen molar-refractivity contribution in [2.75, 3.05) is 33.4 Å². The molecule has 7 fully saturated rings. The van der Waals surface area contributed by atoms with Gasteiger partial charge in [-0.1, -0.05) is 37.3 Å². The first-order chi connectivity index (χ1) is 25.8. The third kappa shape index (κ3) is 9.44. The van der Waals surface area contributed by atoms with Gasteiger partial charge in [-0.25, -0.2) is 0 Å². The lowest BCUT2D eigenvalue weighted by molar-refractivity contribution is -0.144. The van der Waals surface area contributed by atoms with Crippen LogP contribution in [0.5, 0.6) is 0 Å². The van der Waals surface area contributed by atoms with Gasteiger partial charge in [0.1, 0.15) is 6.04 Å². The van der Waals surface area contributed by atoms with Crippen LogP contribution in [-0.4, -0.2) is 84.2 Å². The largest absolute Gasteiger partial charge is 0.393 e. The minimum Gasteiger partial charge on any atom is -0.393 e. The molecule has 8 nitrogen and oxygen atoms in total. The number of imide groups is 1. The fourth-order valence-corrected chi connectivity index (χ4v) is 12.8. The Morgan fingerprint density at radius 3 is 2.13 bits per heavy atom. The highest BCUT2D eigenvalue weighted by molar-refractivity contribution is 6.02. The maximum absolute atomic E-state index is 13.3. The summed E-state index contributed by atoms with van der Waals surface area (Å²) < 4.78 is 6.40. The number of carbonyl (C=O) groups excluding carboxylic acids is 3. The Hall–Kier alpha value is -1.77. The zero-order valence-corrected chi connectivity index (χ0v) is 33.4. The number of fused-ring (bicyclic) bond motifs is 1. The third-order valence-electron chi connectivity index (χ3n) is 15.9. The molecule has 2 aliphatic heterocycles. The minimum atomic E-state index is -0.460. The number of likely N-dealkylation sites (tertiary alicyclic amines) is 1. The summed E-state index contributed by atoms with van der Waals surface area (Å²) in [7, 11) is 2.30. The van der Waals surface area contributed by atoms with E-state index in [1.807, 2.05) is 16.0 Å². The van der Waals surface area contributed by atoms with Crippen molar-refractivity contribution in [1.82, 2.24) is 15.1 Å². The molecule has 0 aromatic carbocycles. The molecule has 53 heavy (non-hydrogen) atoms. The van der Waals surface area contributed by atoms with Crippen LogP contribution < -0.4 is 5.32 Å². The van der Waals surface area contributed by atoms with E-state index in [9.17, 15) is 19.5 Å². The summed E-state index contributed by atoms with van der Waals surface area (Å²) in [5.41, 5.74) is 3.72. The monoisotopic (exact) mass is 736 g/mol. The molecule has 2 N–H and O–H groups in total. The summed E-state index contributed by atoms with van der Waals surface area (Å²) in [4.78, 5) is 41.8. The fourth-order valence-electron chi connectivity index (χ4n) is 12.8. The Balaban J connectivity index is 0.810. The van der Waals surface area contributed by atoms with Gasteiger partial charge in [0.15, 0.2) is 0 Å². The second-order valence-corrected chi connectivity index (χ2v) is 18.9. The van der Waals surface area contributed by atoms with Crippen molar-refractivity contribution in [1.29, 1.82) is 0 Å². The highest BCUT2D eigenvalue weighted by atomic mass is 16.5. The van der Waals surface area contributed by atoms with E-state index in [0.717, 1.165) is 69.6 Å². The van der Waals surface area contributed by atoms with E-state index in [1.165, 1.54) is 103 Å². The number of likely N-dealkylation sites (N-methyl/N-ethyl adjacent to an activating group) is 1. The number of carbonyl (C=O) groups is 3. The number of nitrogens with one attached hydrogen (secondary N) is 1. The van der Waals surface area contributed by atoms with Crippen LogP contribution in [-0.2, 0) is 19.1 Å². The first-order valence-corrected chi connectivity index (χ1v) is 22.6. The molecular weight excluding hydrogens is 663 g/mol. The molecule has 0 bridgehead atoms. The number of rotatable bonds is 12. The normalized spacial score (nSPS) is 38.1. The lowest BCUT2D eigenvalue weighted by atomic mass is 9.67. The second-order valence-electron chi connectivity index (χ2n) is 18.9. The van der Waals surface area contributed by atoms with Gasteiger partial charge in [-0.2, -0.15) is 0 Å². The Bertz CT molecular complexity index is 1270. The summed E-state index contributed by atoms with van der Waals surface area (Å²) in [5, 5.41) is 12.7. The maximum Gasteiger partial charge on any atom is 0.249 e. The predicted octanol–water partition coefficient (Wildman–Crippen LogP) is 7.82. The molecule has 5 aliphatic carbocycles. The van der Waals surface area contributed by atoms with Crippen molar-refractivity contribution in [2.24, 2.45) is 47.3 Å². The van der Waals surface area contributed by atoms with Gasteiger partial charge in [-0.05, 0) is 170 Å². The first-order valence-electron chi connectivity index (χ1n) is 22.6. The van der Waals surface area contributed by atoms with E-state index < -0.39 is 6.04 Å². The van der Waals surface area contributed by atoms with E-state index in [4.69, 9.17) is 4.74 Å². The molecule has 2 saturated heterocycles. The molecule has 0 spiro atoms. The van der Waals surface area contributed by atoms with Gasteiger partial charge in [-0.15, -0.1) is 0 Å². The quantitative estimate of drug-likeness (QED) is 0.121. The number of aliphatic hydroxyl groups is 1. The van der Waals surface area contributed by atoms with Gasteiger partial charge in [0.25, 0.3) is 0 Å². The summed E-state index contributed by atoms with van der Waals surface area (Å²) >= 11 is 0. The average Bonchev–Trinajstić information content (AvgIpc) is 3.51. The van der Waals surface area contributed by atoms with Crippen molar-refractivity contribution < 1.29 is 24.2 Å². The molecule has 8 heteroatoms. The van der Waals surface area contributed by atoms with E-state index in [2.05, 4.69) is 24.2 Å². The van der Waals surface area contributed by atoms with E-state index in [1.54, 1.807) is 0 Å². The lowest BCUT2D eigenvalue weighted by Crippen LogP contribution is -2.53. The number of hydrogen-bond donors (Lipinski definition) is 2. The van der Waals surface area contributed by atoms with Crippen LogP contribution in [0.2, 0.25) is 0 Å². The van der Waals surface area contributed by atoms with Crippen molar-refractivity contribution >= 4 is 17.7 Å². The number of hydrogen-bond acceptors (Lipinski definition) is 6. The highest BCUT2D eigenvalue weighted by Crippen LogP contribution is 2.48. The molecule has 5 saturated carbocycles. The van der Waals surface area contributed by atoms with Crippen LogP contribution in [0.25, 0.3) is 0 Å². The van der Waals surface area contributed by atoms with Gasteiger partial charge in [0.05, 0.1) is 12.7 Å². The van der Waals surface area contributed by atoms with E-state index in [0.29, 0.717) is 49.1 Å². The number of nitrogens with zero attached hydrogens (tertiary/aromatic N) is 2. The van der Waals surface area contributed by atoms with Crippen LogP contribution in [0.15, 0.2) is 11.1 Å². The molecule has 0 radical (unpaired) electrons. The summed E-state index contributed by atoms with van der Waals surface area (Å²) in [5.74, 6) is 4.52. The molecule has 3 amide bonds. The Kier molecular flexibility index (Phi) is 13.7. The Labute approximate surface area is 321 Å². The molecule has 0 aromatic heterocycles. The van der Waals surface area contributed by atoms with Crippen molar-refractivity contribution in [3.8, 4) is 0 Å². The van der Waals surface area contributed by atoms with Gasteiger partial charge in [0, 0.05) is 38.1 Å². The minimum absolute atomic E-state index is 0.0704. The van der Waals surface area contributed by atoms with Gasteiger partial charge in [-0.3, -0.25) is 19.7 Å². The van der Waals surface area contributed by atoms with Crippen LogP contribution >= 0.6 is 0 Å². The zero-order chi connectivity index (χ0) is 36.9. The van der Waals surface area contributed by atoms with Crippen molar-refractivity contribution in [3.05, 3.63) is 11.1 Å². The van der Waals surface area contributed by atoms with Crippen LogP contribution in [0.1, 0.15) is 155 Å². The summed E-state index contributed by atoms with van der Waals surface area (Å²) in [6.07, 6.45) is 26.9. The molecule has 0 aromatic rings. The van der Waals surface area contributed by atoms with Gasteiger partial charge < -0.3 is 19.6 Å². The third-order valence-corrected chi connectivity index (χ3v) is 15.9. The highest BCUT2D eigenvalue weighted by Gasteiger charge is 2.49. The molecule has 4 atom stereocenters. The Morgan fingerprint density at radius 1 is 0.774 bits per heavy atom. The van der Waals surface area contributed by atoms with Crippen LogP contribution in [0.3, 0.4) is 0 Å². The molecule has 7 aliphatic rings. The van der Waals surface area contributed by atoms with E-state index >= 15 is 0 Å². The van der Waals surface area contributed by atoms with Gasteiger partial charge >= 0.3 is 0 Å². The topological polar surface area (TPSA) is 99.2 Å². The molecule has 298 valence electrons. The Morgan fingerprint density at radius 2 is 1.45 bits per heavy atom. The second kappa shape index (κ2) is 18.4. The fraction of sp³-hybridized carbons (Fsp3) is 0.889. The number of amides is 3. The smallest absolute Gasteiger partial charge is 0.249 e. The number of aliphatic hydroxyl groups excluding tert-OH is 1. The van der Waals surface area contributed by atoms with Crippen LogP contribution in [0, 0.1) is 47.3 Å². The number of piperidine rings is 1. The van der Waals surface area contributed by atoms with Crippen LogP contribution in [0.4, 0.5) is 0 Å². The zero-order valence-electron chi connectivity index (χ0n) is 33.4. The standard InChI is InChI=1S/C45H73N3O5/c1-3-39(32-7-5-4-6-8-32)43(34-15-20-38(49)21-16-34)33-11-9-30(10-12-33)29-53-26-25-47(2)37-18-13-31(14-19-37)35-17-22-40-36(27-35)28-48(45(40)52)41-23-24-42(50)46-44(41)51/h30-38,40-41,49H,3-29H2,1-2H3,(H,46,50,51)/b43-39+. The van der Waals surface area contributed by atoms with Gasteiger partial charge in [0.2, 0.25) is 17.7 Å². The molecule has 7 rings (SSSR count). The molecule has 4 unspecified atom stereocenters. The SMILES string of the molecule is CC/C(=C(\C1CCC(O)CC1)C1CCC(COCCN(C)C2CCC(C3CCC4C(=O)N(C5CCC(=O)NC5=O)CC4C3)CC2)CC1)C1CCCCC1. The maximum atomic E-state index is 13.3. The number of allylic oxidation sites excluding steroid dienone is 2. The summed E-state index contributed by atoms with van der Waals surface area (Å²) in [6.45, 7) is 5.87. The average molecular weight is 736 g/mol.